The van der Waals surface area contributed by atoms with Crippen molar-refractivity contribution in [3.05, 3.63) is 151 Å². The van der Waals surface area contributed by atoms with E-state index in [2.05, 4.69) is 98.8 Å². The van der Waals surface area contributed by atoms with Crippen LogP contribution in [0.15, 0.2) is 144 Å². The van der Waals surface area contributed by atoms with Gasteiger partial charge in [-0.2, -0.15) is 0 Å². The van der Waals surface area contributed by atoms with Crippen molar-refractivity contribution in [3.8, 4) is 56.4 Å². The molecule has 218 valence electrons. The zero-order valence-corrected chi connectivity index (χ0v) is 25.5. The van der Waals surface area contributed by atoms with Gasteiger partial charge in [0.15, 0.2) is 17.5 Å². The summed E-state index contributed by atoms with van der Waals surface area (Å²) in [6.45, 7) is 4.63. The van der Waals surface area contributed by atoms with Crippen molar-refractivity contribution < 1.29 is 4.42 Å². The molecule has 0 saturated carbocycles. The Kier molecular flexibility index (Phi) is 5.81. The van der Waals surface area contributed by atoms with Gasteiger partial charge >= 0.3 is 0 Å². The van der Waals surface area contributed by atoms with Gasteiger partial charge in [0, 0.05) is 32.9 Å². The average Bonchev–Trinajstić information content (AvgIpc) is 3.60. The number of para-hydroxylation sites is 1. The van der Waals surface area contributed by atoms with Crippen LogP contribution in [0.3, 0.4) is 0 Å². The van der Waals surface area contributed by atoms with Gasteiger partial charge in [0.05, 0.1) is 0 Å². The van der Waals surface area contributed by atoms with Crippen LogP contribution in [-0.2, 0) is 5.41 Å². The van der Waals surface area contributed by atoms with E-state index in [0.717, 1.165) is 44.2 Å². The van der Waals surface area contributed by atoms with Crippen molar-refractivity contribution in [3.63, 3.8) is 0 Å². The normalized spacial score (nSPS) is 13.2. The van der Waals surface area contributed by atoms with Crippen molar-refractivity contribution in [2.45, 2.75) is 19.3 Å². The lowest BCUT2D eigenvalue weighted by atomic mass is 9.81. The number of benzene rings is 6. The molecular weight excluding hydrogens is 562 g/mol. The van der Waals surface area contributed by atoms with Gasteiger partial charge < -0.3 is 4.42 Å². The SMILES string of the molecule is CC1(C)c2ccccc2-c2ccc(-c3cccc(-c4nc(-c5ccccc5)nc(-c5ccc6c(c5)oc5ccccc56)n4)c3)cc21. The molecule has 1 aliphatic carbocycles. The monoisotopic (exact) mass is 591 g/mol. The van der Waals surface area contributed by atoms with Crippen LogP contribution in [0, 0.1) is 0 Å². The minimum atomic E-state index is -0.0613. The summed E-state index contributed by atoms with van der Waals surface area (Å²) in [6, 6.07) is 48.5. The predicted molar refractivity (Wildman–Crippen MR) is 186 cm³/mol. The van der Waals surface area contributed by atoms with Gasteiger partial charge in [-0.05, 0) is 63.7 Å². The molecule has 0 unspecified atom stereocenters. The maximum absolute atomic E-state index is 6.20. The Hall–Kier alpha value is -5.87. The fourth-order valence-electron chi connectivity index (χ4n) is 6.94. The van der Waals surface area contributed by atoms with Crippen molar-refractivity contribution in [1.29, 1.82) is 0 Å². The van der Waals surface area contributed by atoms with Gasteiger partial charge in [-0.15, -0.1) is 0 Å². The molecule has 4 nitrogen and oxygen atoms in total. The Balaban J connectivity index is 1.16. The molecule has 0 bridgehead atoms. The zero-order chi connectivity index (χ0) is 30.8. The van der Waals surface area contributed by atoms with E-state index >= 15 is 0 Å². The molecule has 2 aromatic heterocycles. The molecule has 46 heavy (non-hydrogen) atoms. The molecule has 9 rings (SSSR count). The number of hydrogen-bond acceptors (Lipinski definition) is 4. The topological polar surface area (TPSA) is 51.8 Å². The minimum absolute atomic E-state index is 0.0613. The van der Waals surface area contributed by atoms with Gasteiger partial charge in [-0.1, -0.05) is 123 Å². The van der Waals surface area contributed by atoms with E-state index in [1.165, 1.54) is 27.8 Å². The van der Waals surface area contributed by atoms with Crippen LogP contribution in [0.5, 0.6) is 0 Å². The van der Waals surface area contributed by atoms with E-state index in [9.17, 15) is 0 Å². The fraction of sp³-hybridized carbons (Fsp3) is 0.0714. The van der Waals surface area contributed by atoms with Crippen LogP contribution in [0.4, 0.5) is 0 Å². The Labute approximate surface area is 267 Å². The molecule has 0 spiro atoms. The van der Waals surface area contributed by atoms with Crippen molar-refractivity contribution in [2.75, 3.05) is 0 Å². The molecule has 0 N–H and O–H groups in total. The molecular formula is C42H29N3O. The predicted octanol–water partition coefficient (Wildman–Crippen LogP) is 10.7. The van der Waals surface area contributed by atoms with Crippen molar-refractivity contribution in [2.24, 2.45) is 0 Å². The Morgan fingerprint density at radius 2 is 1.00 bits per heavy atom. The van der Waals surface area contributed by atoms with E-state index < -0.39 is 0 Å². The highest BCUT2D eigenvalue weighted by Gasteiger charge is 2.35. The first kappa shape index (κ1) is 26.5. The number of furan rings is 1. The molecule has 2 heterocycles. The average molecular weight is 592 g/mol. The van der Waals surface area contributed by atoms with E-state index in [1.807, 2.05) is 54.6 Å². The summed E-state index contributed by atoms with van der Waals surface area (Å²) in [6.07, 6.45) is 0. The molecule has 0 amide bonds. The summed E-state index contributed by atoms with van der Waals surface area (Å²) in [4.78, 5) is 15.0. The smallest absolute Gasteiger partial charge is 0.164 e. The van der Waals surface area contributed by atoms with Gasteiger partial charge in [-0.25, -0.2) is 15.0 Å². The highest BCUT2D eigenvalue weighted by atomic mass is 16.3. The van der Waals surface area contributed by atoms with Crippen LogP contribution in [0.25, 0.3) is 78.4 Å². The Morgan fingerprint density at radius 1 is 0.413 bits per heavy atom. The number of fused-ring (bicyclic) bond motifs is 6. The third-order valence-corrected chi connectivity index (χ3v) is 9.34. The highest BCUT2D eigenvalue weighted by Crippen LogP contribution is 2.49. The minimum Gasteiger partial charge on any atom is -0.456 e. The third-order valence-electron chi connectivity index (χ3n) is 9.34. The lowest BCUT2D eigenvalue weighted by Crippen LogP contribution is -2.14. The first-order valence-corrected chi connectivity index (χ1v) is 15.6. The summed E-state index contributed by atoms with van der Waals surface area (Å²) in [5.41, 5.74) is 12.0. The summed E-state index contributed by atoms with van der Waals surface area (Å²) in [5.74, 6) is 1.87. The largest absolute Gasteiger partial charge is 0.456 e. The van der Waals surface area contributed by atoms with E-state index in [4.69, 9.17) is 19.4 Å². The molecule has 0 atom stereocenters. The van der Waals surface area contributed by atoms with Crippen LogP contribution >= 0.6 is 0 Å². The van der Waals surface area contributed by atoms with Gasteiger partial charge in [0.25, 0.3) is 0 Å². The zero-order valence-electron chi connectivity index (χ0n) is 25.5. The van der Waals surface area contributed by atoms with Crippen LogP contribution in [0.1, 0.15) is 25.0 Å². The summed E-state index contributed by atoms with van der Waals surface area (Å²) in [5, 5.41) is 2.17. The maximum Gasteiger partial charge on any atom is 0.164 e. The molecule has 0 aliphatic heterocycles. The second-order valence-corrected chi connectivity index (χ2v) is 12.5. The molecule has 0 saturated heterocycles. The van der Waals surface area contributed by atoms with Gasteiger partial charge in [0.1, 0.15) is 11.2 Å². The van der Waals surface area contributed by atoms with Crippen molar-refractivity contribution in [1.82, 2.24) is 15.0 Å². The van der Waals surface area contributed by atoms with Crippen molar-refractivity contribution >= 4 is 21.9 Å². The first-order chi connectivity index (χ1) is 22.5. The first-order valence-electron chi connectivity index (χ1n) is 15.6. The number of nitrogens with zero attached hydrogens (tertiary/aromatic N) is 3. The number of hydrogen-bond donors (Lipinski definition) is 0. The Bertz CT molecular complexity index is 2460. The van der Waals surface area contributed by atoms with Crippen LogP contribution in [-0.4, -0.2) is 15.0 Å². The van der Waals surface area contributed by atoms with E-state index in [1.54, 1.807) is 0 Å². The number of aromatic nitrogens is 3. The second kappa shape index (κ2) is 10.1. The molecule has 6 aromatic carbocycles. The summed E-state index contributed by atoms with van der Waals surface area (Å²) < 4.78 is 6.20. The lowest BCUT2D eigenvalue weighted by Gasteiger charge is -2.22. The van der Waals surface area contributed by atoms with Crippen LogP contribution in [0.2, 0.25) is 0 Å². The standard InChI is InChI=1S/C42H29N3O/c1-42(2)35-17-8-6-15-31(35)32-21-19-28(24-36(32)42)27-13-10-14-29(23-27)40-43-39(26-11-4-3-5-12-26)44-41(45-40)30-20-22-34-33-16-7-9-18-37(33)46-38(34)25-30/h3-25H,1-2H3. The highest BCUT2D eigenvalue weighted by molar-refractivity contribution is 6.05. The van der Waals surface area contributed by atoms with Crippen LogP contribution < -0.4 is 0 Å². The lowest BCUT2D eigenvalue weighted by molar-refractivity contribution is 0.660. The second-order valence-electron chi connectivity index (χ2n) is 12.5. The fourth-order valence-corrected chi connectivity index (χ4v) is 6.94. The summed E-state index contributed by atoms with van der Waals surface area (Å²) >= 11 is 0. The molecule has 1 aliphatic rings. The summed E-state index contributed by atoms with van der Waals surface area (Å²) in [7, 11) is 0. The van der Waals surface area contributed by atoms with E-state index in [-0.39, 0.29) is 5.41 Å². The quantitative estimate of drug-likeness (QED) is 0.204. The van der Waals surface area contributed by atoms with Gasteiger partial charge in [-0.3, -0.25) is 0 Å². The molecule has 0 radical (unpaired) electrons. The maximum atomic E-state index is 6.20. The van der Waals surface area contributed by atoms with Gasteiger partial charge in [0.2, 0.25) is 0 Å². The molecule has 8 aromatic rings. The molecule has 0 fully saturated rings. The Morgan fingerprint density at radius 3 is 1.85 bits per heavy atom. The number of rotatable bonds is 4. The molecule has 4 heteroatoms. The third kappa shape index (κ3) is 4.18. The van der Waals surface area contributed by atoms with E-state index in [0.29, 0.717) is 17.5 Å².